The number of hydrogen-bond donors (Lipinski definition) is 0. The standard InChI is InChI=1S/C21H18N2O6/c24-15(10-23-20(27)16-11-5-6-12(9-11)17(16)21(23)28)29-8-7-22-18(25)13-3-1-2-4-14(13)19(22)26/h1-6,11-12,16-17H,7-10H2. The maximum absolute atomic E-state index is 12.6. The van der Waals surface area contributed by atoms with Gasteiger partial charge in [0.1, 0.15) is 13.2 Å². The fourth-order valence-corrected chi connectivity index (χ4v) is 4.99. The van der Waals surface area contributed by atoms with Crippen molar-refractivity contribution in [2.45, 2.75) is 6.42 Å². The minimum atomic E-state index is -0.733. The fourth-order valence-electron chi connectivity index (χ4n) is 4.99. The van der Waals surface area contributed by atoms with Gasteiger partial charge in [0.25, 0.3) is 11.8 Å². The molecule has 2 aliphatic heterocycles. The Hall–Kier alpha value is -3.29. The number of imide groups is 2. The van der Waals surface area contributed by atoms with E-state index in [0.717, 1.165) is 16.2 Å². The zero-order chi connectivity index (χ0) is 20.3. The maximum Gasteiger partial charge on any atom is 0.326 e. The van der Waals surface area contributed by atoms with Gasteiger partial charge in [0.15, 0.2) is 0 Å². The van der Waals surface area contributed by atoms with Crippen molar-refractivity contribution >= 4 is 29.6 Å². The average molecular weight is 394 g/mol. The number of allylic oxidation sites excluding steroid dienone is 2. The van der Waals surface area contributed by atoms with Gasteiger partial charge in [-0.3, -0.25) is 33.8 Å². The molecule has 1 saturated heterocycles. The molecule has 1 aromatic rings. The van der Waals surface area contributed by atoms with Crippen LogP contribution in [0.25, 0.3) is 0 Å². The third kappa shape index (κ3) is 2.55. The first-order valence-electron chi connectivity index (χ1n) is 9.62. The Morgan fingerprint density at radius 2 is 1.45 bits per heavy atom. The van der Waals surface area contributed by atoms with Crippen molar-refractivity contribution in [2.75, 3.05) is 19.7 Å². The quantitative estimate of drug-likeness (QED) is 0.413. The predicted molar refractivity (Wildman–Crippen MR) is 97.2 cm³/mol. The number of fused-ring (bicyclic) bond motifs is 6. The molecule has 8 nitrogen and oxygen atoms in total. The lowest BCUT2D eigenvalue weighted by Gasteiger charge is -2.17. The number of rotatable bonds is 5. The molecule has 0 aromatic heterocycles. The van der Waals surface area contributed by atoms with E-state index in [9.17, 15) is 24.0 Å². The third-order valence-corrected chi connectivity index (χ3v) is 6.30. The van der Waals surface area contributed by atoms with Gasteiger partial charge in [-0.25, -0.2) is 0 Å². The molecule has 5 rings (SSSR count). The molecule has 148 valence electrons. The molecule has 4 atom stereocenters. The van der Waals surface area contributed by atoms with Crippen molar-refractivity contribution in [3.63, 3.8) is 0 Å². The van der Waals surface area contributed by atoms with E-state index in [1.807, 2.05) is 12.2 Å². The summed E-state index contributed by atoms with van der Waals surface area (Å²) in [5.41, 5.74) is 0.652. The van der Waals surface area contributed by atoms with Crippen LogP contribution in [0.2, 0.25) is 0 Å². The van der Waals surface area contributed by atoms with Crippen molar-refractivity contribution in [3.05, 3.63) is 47.5 Å². The molecule has 4 unspecified atom stereocenters. The number of nitrogens with zero attached hydrogens (tertiary/aromatic N) is 2. The van der Waals surface area contributed by atoms with E-state index in [1.165, 1.54) is 0 Å². The van der Waals surface area contributed by atoms with Gasteiger partial charge in [-0.15, -0.1) is 0 Å². The van der Waals surface area contributed by atoms with Crippen LogP contribution in [0.5, 0.6) is 0 Å². The summed E-state index contributed by atoms with van der Waals surface area (Å²) in [6, 6.07) is 6.50. The molecule has 1 aromatic carbocycles. The molecule has 8 heteroatoms. The zero-order valence-electron chi connectivity index (χ0n) is 15.4. The first kappa shape index (κ1) is 17.8. The van der Waals surface area contributed by atoms with Crippen molar-refractivity contribution in [1.29, 1.82) is 0 Å². The van der Waals surface area contributed by atoms with Crippen molar-refractivity contribution in [3.8, 4) is 0 Å². The number of carbonyl (C=O) groups excluding carboxylic acids is 5. The molecular formula is C21H18N2O6. The Bertz CT molecular complexity index is 934. The van der Waals surface area contributed by atoms with Crippen molar-refractivity contribution < 1.29 is 28.7 Å². The van der Waals surface area contributed by atoms with E-state index < -0.39 is 24.3 Å². The molecule has 29 heavy (non-hydrogen) atoms. The van der Waals surface area contributed by atoms with Crippen LogP contribution >= 0.6 is 0 Å². The molecule has 4 aliphatic rings. The number of ether oxygens (including phenoxy) is 1. The molecule has 2 aliphatic carbocycles. The second-order valence-corrected chi connectivity index (χ2v) is 7.79. The van der Waals surface area contributed by atoms with Gasteiger partial charge in [0.05, 0.1) is 29.5 Å². The summed E-state index contributed by atoms with van der Waals surface area (Å²) in [5, 5.41) is 0. The van der Waals surface area contributed by atoms with E-state index in [2.05, 4.69) is 0 Å². The van der Waals surface area contributed by atoms with Crippen LogP contribution in [0, 0.1) is 23.7 Å². The number of esters is 1. The number of benzene rings is 1. The van der Waals surface area contributed by atoms with Crippen LogP contribution in [0.3, 0.4) is 0 Å². The summed E-state index contributed by atoms with van der Waals surface area (Å²) in [4.78, 5) is 63.9. The van der Waals surface area contributed by atoms with Crippen molar-refractivity contribution in [2.24, 2.45) is 23.7 Å². The molecular weight excluding hydrogens is 376 g/mol. The molecule has 0 N–H and O–H groups in total. The molecule has 4 amide bonds. The van der Waals surface area contributed by atoms with Crippen LogP contribution in [-0.2, 0) is 19.1 Å². The Morgan fingerprint density at radius 3 is 2.00 bits per heavy atom. The summed E-state index contributed by atoms with van der Waals surface area (Å²) >= 11 is 0. The number of likely N-dealkylation sites (tertiary alicyclic amines) is 1. The summed E-state index contributed by atoms with van der Waals surface area (Å²) in [5.74, 6) is -2.77. The Balaban J connectivity index is 1.16. The summed E-state index contributed by atoms with van der Waals surface area (Å²) in [6.07, 6.45) is 4.80. The van der Waals surface area contributed by atoms with Gasteiger partial charge in [-0.05, 0) is 30.4 Å². The maximum atomic E-state index is 12.6. The monoisotopic (exact) mass is 394 g/mol. The summed E-state index contributed by atoms with van der Waals surface area (Å²) in [7, 11) is 0. The van der Waals surface area contributed by atoms with E-state index in [1.54, 1.807) is 24.3 Å². The Morgan fingerprint density at radius 1 is 0.897 bits per heavy atom. The average Bonchev–Trinajstić information content (AvgIpc) is 3.44. The third-order valence-electron chi connectivity index (χ3n) is 6.30. The first-order chi connectivity index (χ1) is 14.0. The second kappa shape index (κ2) is 6.37. The van der Waals surface area contributed by atoms with E-state index in [0.29, 0.717) is 11.1 Å². The minimum absolute atomic E-state index is 0.0799. The van der Waals surface area contributed by atoms with Crippen LogP contribution in [-0.4, -0.2) is 59.1 Å². The number of hydrogen-bond acceptors (Lipinski definition) is 6. The van der Waals surface area contributed by atoms with Gasteiger partial charge in [0.2, 0.25) is 11.8 Å². The highest BCUT2D eigenvalue weighted by Gasteiger charge is 2.59. The minimum Gasteiger partial charge on any atom is -0.462 e. The Labute approximate surface area is 166 Å². The lowest BCUT2D eigenvalue weighted by atomic mass is 9.85. The molecule has 0 radical (unpaired) electrons. The molecule has 1 saturated carbocycles. The summed E-state index contributed by atoms with van der Waals surface area (Å²) < 4.78 is 5.10. The van der Waals surface area contributed by atoms with E-state index in [4.69, 9.17) is 4.74 Å². The second-order valence-electron chi connectivity index (χ2n) is 7.79. The molecule has 2 fully saturated rings. The fraction of sp³-hybridized carbons (Fsp3) is 0.381. The molecule has 2 bridgehead atoms. The van der Waals surface area contributed by atoms with E-state index in [-0.39, 0.29) is 48.6 Å². The van der Waals surface area contributed by atoms with Crippen LogP contribution in [0.4, 0.5) is 0 Å². The van der Waals surface area contributed by atoms with Gasteiger partial charge in [-0.1, -0.05) is 24.3 Å². The van der Waals surface area contributed by atoms with Gasteiger partial charge in [0, 0.05) is 0 Å². The lowest BCUT2D eigenvalue weighted by Crippen LogP contribution is -2.39. The predicted octanol–water partition coefficient (Wildman–Crippen LogP) is 0.633. The van der Waals surface area contributed by atoms with Crippen LogP contribution in [0.1, 0.15) is 27.1 Å². The zero-order valence-corrected chi connectivity index (χ0v) is 15.4. The number of amides is 4. The van der Waals surface area contributed by atoms with Gasteiger partial charge >= 0.3 is 5.97 Å². The summed E-state index contributed by atoms with van der Waals surface area (Å²) in [6.45, 7) is -0.717. The van der Waals surface area contributed by atoms with Crippen LogP contribution < -0.4 is 0 Å². The largest absolute Gasteiger partial charge is 0.462 e. The first-order valence-corrected chi connectivity index (χ1v) is 9.62. The SMILES string of the molecule is O=C(CN1C(=O)C2C3C=CC(C3)C2C1=O)OCCN1C(=O)c2ccccc2C1=O. The van der Waals surface area contributed by atoms with Gasteiger partial charge < -0.3 is 4.74 Å². The van der Waals surface area contributed by atoms with E-state index >= 15 is 0 Å². The smallest absolute Gasteiger partial charge is 0.326 e. The lowest BCUT2D eigenvalue weighted by molar-refractivity contribution is -0.153. The highest BCUT2D eigenvalue weighted by atomic mass is 16.5. The molecule has 2 heterocycles. The van der Waals surface area contributed by atoms with Crippen LogP contribution in [0.15, 0.2) is 36.4 Å². The Kier molecular flexibility index (Phi) is 3.90. The highest BCUT2D eigenvalue weighted by Crippen LogP contribution is 2.52. The van der Waals surface area contributed by atoms with Gasteiger partial charge in [-0.2, -0.15) is 0 Å². The van der Waals surface area contributed by atoms with Crippen molar-refractivity contribution in [1.82, 2.24) is 9.80 Å². The number of carbonyl (C=O) groups is 5. The normalized spacial score (nSPS) is 29.1. The highest BCUT2D eigenvalue weighted by molar-refractivity contribution is 6.21. The molecule has 0 spiro atoms. The topological polar surface area (TPSA) is 101 Å².